The normalized spacial score (nSPS) is 9.69. The van der Waals surface area contributed by atoms with E-state index >= 15 is 0 Å². The van der Waals surface area contributed by atoms with Gasteiger partial charge in [-0.2, -0.15) is 0 Å². The van der Waals surface area contributed by atoms with Crippen molar-refractivity contribution in [2.24, 2.45) is 0 Å². The van der Waals surface area contributed by atoms with Crippen molar-refractivity contribution in [3.8, 4) is 0 Å². The van der Waals surface area contributed by atoms with E-state index in [4.69, 9.17) is 10.5 Å². The van der Waals surface area contributed by atoms with Crippen molar-refractivity contribution >= 4 is 27.7 Å². The zero-order valence-corrected chi connectivity index (χ0v) is 8.67. The van der Waals surface area contributed by atoms with Gasteiger partial charge in [0.15, 0.2) is 5.69 Å². The van der Waals surface area contributed by atoms with Crippen LogP contribution < -0.4 is 5.73 Å². The minimum absolute atomic E-state index is 0.210. The second-order valence-corrected chi connectivity index (χ2v) is 3.14. The number of rotatable bonds is 2. The number of hydrogen-bond acceptors (Lipinski definition) is 4. The van der Waals surface area contributed by atoms with Crippen LogP contribution in [0.2, 0.25) is 0 Å². The molecule has 1 heterocycles. The van der Waals surface area contributed by atoms with Crippen LogP contribution in [-0.2, 0) is 4.74 Å². The summed E-state index contributed by atoms with van der Waals surface area (Å²) in [4.78, 5) is 15.1. The third-order valence-corrected chi connectivity index (χ3v) is 1.98. The number of nitrogens with two attached hydrogens (primary N) is 1. The van der Waals surface area contributed by atoms with Crippen LogP contribution in [0.3, 0.4) is 0 Å². The number of halogens is 1. The molecule has 70 valence electrons. The van der Waals surface area contributed by atoms with Gasteiger partial charge in [-0.15, -0.1) is 0 Å². The Hall–Kier alpha value is -1.10. The molecule has 0 aromatic carbocycles. The Morgan fingerprint density at radius 1 is 1.69 bits per heavy atom. The fourth-order valence-electron chi connectivity index (χ4n) is 0.800. The van der Waals surface area contributed by atoms with E-state index in [1.165, 1.54) is 0 Å². The van der Waals surface area contributed by atoms with Gasteiger partial charge in [0.25, 0.3) is 0 Å². The SMILES string of the molecule is CCOC(=O)c1nc(N)ccc1Br. The Labute approximate surface area is 84.2 Å². The summed E-state index contributed by atoms with van der Waals surface area (Å²) in [5.74, 6) is -0.173. The van der Waals surface area contributed by atoms with Crippen molar-refractivity contribution in [3.63, 3.8) is 0 Å². The van der Waals surface area contributed by atoms with E-state index in [1.807, 2.05) is 0 Å². The number of carbonyl (C=O) groups excluding carboxylic acids is 1. The summed E-state index contributed by atoms with van der Waals surface area (Å²) in [7, 11) is 0. The molecule has 0 saturated heterocycles. The number of nitrogens with zero attached hydrogens (tertiary/aromatic N) is 1. The molecule has 0 amide bonds. The lowest BCUT2D eigenvalue weighted by molar-refractivity contribution is 0.0518. The highest BCUT2D eigenvalue weighted by atomic mass is 79.9. The van der Waals surface area contributed by atoms with Crippen molar-refractivity contribution in [3.05, 3.63) is 22.3 Å². The van der Waals surface area contributed by atoms with Crippen LogP contribution in [0.1, 0.15) is 17.4 Å². The number of anilines is 1. The smallest absolute Gasteiger partial charge is 0.358 e. The molecular weight excluding hydrogens is 236 g/mol. The Kier molecular flexibility index (Phi) is 3.25. The number of pyridine rings is 1. The molecule has 0 spiro atoms. The topological polar surface area (TPSA) is 65.2 Å². The molecule has 4 nitrogen and oxygen atoms in total. The molecule has 2 N–H and O–H groups in total. The first kappa shape index (κ1) is 9.98. The lowest BCUT2D eigenvalue weighted by Crippen LogP contribution is -2.09. The standard InChI is InChI=1S/C8H9BrN2O2/c1-2-13-8(12)7-5(9)3-4-6(10)11-7/h3-4H,2H2,1H3,(H2,10,11). The maximum atomic E-state index is 11.2. The molecule has 0 atom stereocenters. The summed E-state index contributed by atoms with van der Waals surface area (Å²) in [6.45, 7) is 2.06. The predicted molar refractivity (Wildman–Crippen MR) is 52.3 cm³/mol. The van der Waals surface area contributed by atoms with Crippen LogP contribution >= 0.6 is 15.9 Å². The molecule has 13 heavy (non-hydrogen) atoms. The zero-order valence-electron chi connectivity index (χ0n) is 7.08. The molecular formula is C8H9BrN2O2. The quantitative estimate of drug-likeness (QED) is 0.803. The molecule has 0 radical (unpaired) electrons. The van der Waals surface area contributed by atoms with Gasteiger partial charge in [-0.25, -0.2) is 9.78 Å². The first-order valence-corrected chi connectivity index (χ1v) is 4.53. The van der Waals surface area contributed by atoms with Crippen LogP contribution in [0.5, 0.6) is 0 Å². The van der Waals surface area contributed by atoms with Gasteiger partial charge in [0.1, 0.15) is 5.82 Å². The van der Waals surface area contributed by atoms with Gasteiger partial charge in [0.05, 0.1) is 11.1 Å². The van der Waals surface area contributed by atoms with Gasteiger partial charge in [0, 0.05) is 0 Å². The lowest BCUT2D eigenvalue weighted by Gasteiger charge is -2.03. The third kappa shape index (κ3) is 2.42. The number of nitrogen functional groups attached to an aromatic ring is 1. The van der Waals surface area contributed by atoms with E-state index in [0.717, 1.165) is 0 Å². The zero-order chi connectivity index (χ0) is 9.84. The first-order chi connectivity index (χ1) is 6.15. The molecule has 0 unspecified atom stereocenters. The van der Waals surface area contributed by atoms with Crippen molar-refractivity contribution in [2.75, 3.05) is 12.3 Å². The van der Waals surface area contributed by atoms with Crippen molar-refractivity contribution in [2.45, 2.75) is 6.92 Å². The molecule has 0 aliphatic rings. The molecule has 1 aromatic rings. The van der Waals surface area contributed by atoms with Crippen LogP contribution in [0, 0.1) is 0 Å². The van der Waals surface area contributed by atoms with E-state index in [-0.39, 0.29) is 5.69 Å². The van der Waals surface area contributed by atoms with E-state index in [9.17, 15) is 4.79 Å². The van der Waals surface area contributed by atoms with Crippen LogP contribution in [0.15, 0.2) is 16.6 Å². The summed E-state index contributed by atoms with van der Waals surface area (Å²) in [5.41, 5.74) is 5.63. The Bertz CT molecular complexity index is 328. The van der Waals surface area contributed by atoms with Crippen molar-refractivity contribution in [1.29, 1.82) is 0 Å². The van der Waals surface area contributed by atoms with Gasteiger partial charge in [-0.05, 0) is 35.0 Å². The van der Waals surface area contributed by atoms with Crippen LogP contribution in [0.25, 0.3) is 0 Å². The highest BCUT2D eigenvalue weighted by Crippen LogP contribution is 2.16. The van der Waals surface area contributed by atoms with E-state index in [1.54, 1.807) is 19.1 Å². The summed E-state index contributed by atoms with van der Waals surface area (Å²) in [6.07, 6.45) is 0. The van der Waals surface area contributed by atoms with E-state index < -0.39 is 5.97 Å². The number of aromatic nitrogens is 1. The second-order valence-electron chi connectivity index (χ2n) is 2.29. The summed E-state index contributed by atoms with van der Waals surface area (Å²) >= 11 is 3.18. The molecule has 1 aromatic heterocycles. The molecule has 0 aliphatic heterocycles. The average Bonchev–Trinajstić information content (AvgIpc) is 2.09. The monoisotopic (exact) mass is 244 g/mol. The highest BCUT2D eigenvalue weighted by Gasteiger charge is 2.12. The van der Waals surface area contributed by atoms with Gasteiger partial charge in [-0.1, -0.05) is 0 Å². The second kappa shape index (κ2) is 4.23. The fraction of sp³-hybridized carbons (Fsp3) is 0.250. The molecule has 5 heteroatoms. The number of esters is 1. The van der Waals surface area contributed by atoms with Gasteiger partial charge < -0.3 is 10.5 Å². The first-order valence-electron chi connectivity index (χ1n) is 3.74. The summed E-state index contributed by atoms with van der Waals surface area (Å²) in [5, 5.41) is 0. The van der Waals surface area contributed by atoms with Gasteiger partial charge in [-0.3, -0.25) is 0 Å². The molecule has 0 fully saturated rings. The molecule has 0 bridgehead atoms. The van der Waals surface area contributed by atoms with Crippen LogP contribution in [-0.4, -0.2) is 17.6 Å². The van der Waals surface area contributed by atoms with Gasteiger partial charge >= 0.3 is 5.97 Å². The lowest BCUT2D eigenvalue weighted by atomic mass is 10.3. The number of ether oxygens (including phenoxy) is 1. The fourth-order valence-corrected chi connectivity index (χ4v) is 1.18. The average molecular weight is 245 g/mol. The van der Waals surface area contributed by atoms with Gasteiger partial charge in [0.2, 0.25) is 0 Å². The maximum absolute atomic E-state index is 11.2. The minimum atomic E-state index is -0.471. The Morgan fingerprint density at radius 3 is 3.00 bits per heavy atom. The third-order valence-electron chi connectivity index (χ3n) is 1.34. The highest BCUT2D eigenvalue weighted by molar-refractivity contribution is 9.10. The number of carbonyl (C=O) groups is 1. The summed E-state index contributed by atoms with van der Waals surface area (Å²) in [6, 6.07) is 3.27. The van der Waals surface area contributed by atoms with E-state index in [0.29, 0.717) is 16.9 Å². The summed E-state index contributed by atoms with van der Waals surface area (Å²) < 4.78 is 5.36. The largest absolute Gasteiger partial charge is 0.461 e. The van der Waals surface area contributed by atoms with Crippen LogP contribution in [0.4, 0.5) is 5.82 Å². The van der Waals surface area contributed by atoms with Crippen molar-refractivity contribution < 1.29 is 9.53 Å². The van der Waals surface area contributed by atoms with E-state index in [2.05, 4.69) is 20.9 Å². The number of hydrogen-bond donors (Lipinski definition) is 1. The molecule has 0 aliphatic carbocycles. The molecule has 1 rings (SSSR count). The maximum Gasteiger partial charge on any atom is 0.358 e. The minimum Gasteiger partial charge on any atom is -0.461 e. The Morgan fingerprint density at radius 2 is 2.38 bits per heavy atom. The van der Waals surface area contributed by atoms with Crippen molar-refractivity contribution in [1.82, 2.24) is 4.98 Å². The predicted octanol–water partition coefficient (Wildman–Crippen LogP) is 1.60. The molecule has 0 saturated carbocycles. The Balaban J connectivity index is 2.99.